The van der Waals surface area contributed by atoms with Gasteiger partial charge in [-0.3, -0.25) is 4.90 Å². The molecular weight excluding hydrogens is 168 g/mol. The molecule has 0 aromatic carbocycles. The van der Waals surface area contributed by atoms with Crippen molar-refractivity contribution in [2.45, 2.75) is 24.6 Å². The largest absolute Gasteiger partial charge is 0.414 e. The molecule has 1 unspecified atom stereocenters. The van der Waals surface area contributed by atoms with Gasteiger partial charge in [0.25, 0.3) is 0 Å². The Labute approximate surface area is 78.4 Å². The number of hydrogen-bond donors (Lipinski definition) is 1. The molecule has 1 N–H and O–H groups in total. The number of hydroxylamine groups is 1. The number of likely N-dealkylation sites (tertiary alicyclic amines) is 1. The second-order valence-corrected chi connectivity index (χ2v) is 3.66. The summed E-state index contributed by atoms with van der Waals surface area (Å²) in [5, 5.41) is 0. The molecule has 2 heterocycles. The average molecular weight is 184 g/mol. The zero-order valence-electron chi connectivity index (χ0n) is 8.12. The number of likely N-dealkylation sites (N-methyl/N-ethyl adjacent to an activating group) is 1. The molecule has 2 aliphatic heterocycles. The minimum absolute atomic E-state index is 0.372. The molecule has 4 heteroatoms. The molecule has 2 aliphatic rings. The number of nitrogens with one attached hydrogen (secondary N) is 1. The highest BCUT2D eigenvalue weighted by Crippen LogP contribution is 2.29. The van der Waals surface area contributed by atoms with Gasteiger partial charge in [-0.15, -0.1) is 5.48 Å². The molecule has 0 aromatic rings. The maximum Gasteiger partial charge on any atom is 0.187 e. The van der Waals surface area contributed by atoms with Crippen molar-refractivity contribution >= 4 is 0 Å². The van der Waals surface area contributed by atoms with Gasteiger partial charge in [0, 0.05) is 13.2 Å². The van der Waals surface area contributed by atoms with E-state index in [0.29, 0.717) is 6.04 Å². The monoisotopic (exact) mass is 184 g/mol. The number of methoxy groups -OCH3 is 1. The molecule has 0 amide bonds. The van der Waals surface area contributed by atoms with Gasteiger partial charge >= 0.3 is 0 Å². The van der Waals surface area contributed by atoms with Crippen molar-refractivity contribution < 1.29 is 9.57 Å². The van der Waals surface area contributed by atoms with Crippen LogP contribution in [0.5, 0.6) is 0 Å². The number of ether oxygens (including phenoxy) is 1. The van der Waals surface area contributed by atoms with E-state index < -0.39 is 5.72 Å². The van der Waals surface area contributed by atoms with E-state index in [9.17, 15) is 0 Å². The lowest BCUT2D eigenvalue weighted by Gasteiger charge is -2.34. The van der Waals surface area contributed by atoms with Gasteiger partial charge in [0.15, 0.2) is 5.72 Å². The van der Waals surface area contributed by atoms with Crippen LogP contribution in [0.15, 0.2) is 12.3 Å². The van der Waals surface area contributed by atoms with E-state index in [4.69, 9.17) is 9.57 Å². The molecule has 74 valence electrons. The third kappa shape index (κ3) is 1.35. The van der Waals surface area contributed by atoms with Crippen molar-refractivity contribution in [2.24, 2.45) is 0 Å². The molecule has 1 fully saturated rings. The van der Waals surface area contributed by atoms with Crippen molar-refractivity contribution in [2.75, 3.05) is 20.7 Å². The zero-order chi connectivity index (χ0) is 9.31. The first kappa shape index (κ1) is 8.99. The van der Waals surface area contributed by atoms with Crippen molar-refractivity contribution in [3.8, 4) is 0 Å². The Bertz CT molecular complexity index is 220. The minimum atomic E-state index is -0.439. The van der Waals surface area contributed by atoms with E-state index in [1.807, 2.05) is 6.08 Å². The maximum atomic E-state index is 5.49. The van der Waals surface area contributed by atoms with Gasteiger partial charge in [0.05, 0.1) is 6.04 Å². The van der Waals surface area contributed by atoms with Gasteiger partial charge in [-0.2, -0.15) is 0 Å². The van der Waals surface area contributed by atoms with Crippen molar-refractivity contribution in [1.29, 1.82) is 0 Å². The molecule has 1 saturated heterocycles. The van der Waals surface area contributed by atoms with Crippen molar-refractivity contribution in [1.82, 2.24) is 10.4 Å². The Morgan fingerprint density at radius 1 is 1.69 bits per heavy atom. The lowest BCUT2D eigenvalue weighted by atomic mass is 10.0. The molecule has 0 saturated carbocycles. The smallest absolute Gasteiger partial charge is 0.187 e. The van der Waals surface area contributed by atoms with Gasteiger partial charge < -0.3 is 9.57 Å². The quantitative estimate of drug-likeness (QED) is 0.676. The molecule has 0 aliphatic carbocycles. The van der Waals surface area contributed by atoms with Crippen molar-refractivity contribution in [3.05, 3.63) is 12.3 Å². The normalized spacial score (nSPS) is 39.7. The first-order valence-corrected chi connectivity index (χ1v) is 4.64. The summed E-state index contributed by atoms with van der Waals surface area (Å²) >= 11 is 0. The zero-order valence-corrected chi connectivity index (χ0v) is 8.12. The molecule has 0 bridgehead atoms. The van der Waals surface area contributed by atoms with Crippen LogP contribution < -0.4 is 5.48 Å². The van der Waals surface area contributed by atoms with Crippen LogP contribution in [0.25, 0.3) is 0 Å². The van der Waals surface area contributed by atoms with Crippen LogP contribution in [0.4, 0.5) is 0 Å². The third-order valence-corrected chi connectivity index (χ3v) is 2.96. The second kappa shape index (κ2) is 3.29. The standard InChI is InChI=1S/C9H16N2O2/c1-11-6-3-4-8(11)9(12-2)5-7-13-10-9/h5,7-8,10H,3-4,6H2,1-2H3/t8-,9?/m0/s1. The fraction of sp³-hybridized carbons (Fsp3) is 0.778. The SMILES string of the molecule is COC1([C@@H]2CCCN2C)C=CON1. The predicted molar refractivity (Wildman–Crippen MR) is 48.8 cm³/mol. The van der Waals surface area contributed by atoms with Gasteiger partial charge in [0.1, 0.15) is 6.26 Å². The topological polar surface area (TPSA) is 33.7 Å². The van der Waals surface area contributed by atoms with Crippen LogP contribution in [0.2, 0.25) is 0 Å². The van der Waals surface area contributed by atoms with Gasteiger partial charge in [0.2, 0.25) is 0 Å². The van der Waals surface area contributed by atoms with Crippen LogP contribution in [0.3, 0.4) is 0 Å². The lowest BCUT2D eigenvalue weighted by Crippen LogP contribution is -2.55. The fourth-order valence-electron chi connectivity index (χ4n) is 2.17. The third-order valence-electron chi connectivity index (χ3n) is 2.96. The van der Waals surface area contributed by atoms with E-state index in [2.05, 4.69) is 17.4 Å². The van der Waals surface area contributed by atoms with Crippen LogP contribution in [0.1, 0.15) is 12.8 Å². The number of hydrogen-bond acceptors (Lipinski definition) is 4. The Hall–Kier alpha value is -0.580. The highest BCUT2D eigenvalue weighted by molar-refractivity contribution is 5.08. The van der Waals surface area contributed by atoms with Crippen LogP contribution >= 0.6 is 0 Å². The second-order valence-electron chi connectivity index (χ2n) is 3.66. The summed E-state index contributed by atoms with van der Waals surface area (Å²) in [7, 11) is 3.82. The molecule has 2 atom stereocenters. The van der Waals surface area contributed by atoms with Gasteiger partial charge in [-0.05, 0) is 26.4 Å². The summed E-state index contributed by atoms with van der Waals surface area (Å²) in [6.45, 7) is 1.13. The maximum absolute atomic E-state index is 5.49. The molecular formula is C9H16N2O2. The Kier molecular flexibility index (Phi) is 2.27. The predicted octanol–water partition coefficient (Wildman–Crippen LogP) is 0.472. The number of rotatable bonds is 2. The van der Waals surface area contributed by atoms with Crippen LogP contribution in [-0.2, 0) is 9.57 Å². The summed E-state index contributed by atoms with van der Waals surface area (Å²) in [4.78, 5) is 7.33. The summed E-state index contributed by atoms with van der Waals surface area (Å²) in [5.41, 5.74) is 2.48. The Morgan fingerprint density at radius 3 is 3.00 bits per heavy atom. The molecule has 2 rings (SSSR count). The van der Waals surface area contributed by atoms with Gasteiger partial charge in [-0.1, -0.05) is 0 Å². The summed E-state index contributed by atoms with van der Waals surface area (Å²) in [5.74, 6) is 0. The van der Waals surface area contributed by atoms with Crippen LogP contribution in [0, 0.1) is 0 Å². The van der Waals surface area contributed by atoms with E-state index in [-0.39, 0.29) is 0 Å². The highest BCUT2D eigenvalue weighted by Gasteiger charge is 2.44. The minimum Gasteiger partial charge on any atom is -0.414 e. The Morgan fingerprint density at radius 2 is 2.54 bits per heavy atom. The Balaban J connectivity index is 2.15. The number of nitrogens with zero attached hydrogens (tertiary/aromatic N) is 1. The van der Waals surface area contributed by atoms with E-state index in [1.165, 1.54) is 6.42 Å². The summed E-state index contributed by atoms with van der Waals surface area (Å²) < 4.78 is 5.49. The molecule has 4 nitrogen and oxygen atoms in total. The van der Waals surface area contributed by atoms with E-state index in [0.717, 1.165) is 13.0 Å². The molecule has 0 spiro atoms. The summed E-state index contributed by atoms with van der Waals surface area (Å²) in [6.07, 6.45) is 5.96. The molecule has 13 heavy (non-hydrogen) atoms. The van der Waals surface area contributed by atoms with E-state index >= 15 is 0 Å². The van der Waals surface area contributed by atoms with Gasteiger partial charge in [-0.25, -0.2) is 0 Å². The molecule has 0 radical (unpaired) electrons. The first-order chi connectivity index (χ1) is 6.28. The fourth-order valence-corrected chi connectivity index (χ4v) is 2.17. The van der Waals surface area contributed by atoms with Crippen molar-refractivity contribution in [3.63, 3.8) is 0 Å². The highest BCUT2D eigenvalue weighted by atomic mass is 16.7. The molecule has 0 aromatic heterocycles. The summed E-state index contributed by atoms with van der Waals surface area (Å²) in [6, 6.07) is 0.372. The van der Waals surface area contributed by atoms with Crippen LogP contribution in [-0.4, -0.2) is 37.4 Å². The first-order valence-electron chi connectivity index (χ1n) is 4.64. The lowest BCUT2D eigenvalue weighted by molar-refractivity contribution is -0.105. The average Bonchev–Trinajstić information content (AvgIpc) is 2.73. The van der Waals surface area contributed by atoms with E-state index in [1.54, 1.807) is 13.4 Å².